The van der Waals surface area contributed by atoms with Gasteiger partial charge in [-0.3, -0.25) is 4.79 Å². The number of anilines is 1. The van der Waals surface area contributed by atoms with Gasteiger partial charge in [0.05, 0.1) is 5.02 Å². The summed E-state index contributed by atoms with van der Waals surface area (Å²) in [4.78, 5) is 13.5. The van der Waals surface area contributed by atoms with E-state index in [0.717, 1.165) is 16.5 Å². The van der Waals surface area contributed by atoms with Crippen LogP contribution in [-0.2, 0) is 11.2 Å². The maximum Gasteiger partial charge on any atom is 0.303 e. The number of aliphatic carboxylic acids is 1. The van der Waals surface area contributed by atoms with Crippen molar-refractivity contribution in [3.05, 3.63) is 28.8 Å². The number of carboxylic acid groups (broad SMARTS) is 1. The predicted molar refractivity (Wildman–Crippen MR) is 63.7 cm³/mol. The number of fused-ring (bicyclic) bond motifs is 1. The number of halogens is 1. The minimum absolute atomic E-state index is 0.0440. The number of carbonyl (C=O) groups is 1. The highest BCUT2D eigenvalue weighted by Crippen LogP contribution is 2.31. The van der Waals surface area contributed by atoms with Crippen molar-refractivity contribution in [1.29, 1.82) is 0 Å². The molecule has 2 rings (SSSR count). The van der Waals surface area contributed by atoms with Gasteiger partial charge in [0.25, 0.3) is 0 Å². The average Bonchev–Trinajstić information content (AvgIpc) is 2.52. The number of aromatic amines is 1. The smallest absolute Gasteiger partial charge is 0.303 e. The van der Waals surface area contributed by atoms with Crippen molar-refractivity contribution in [2.24, 2.45) is 0 Å². The van der Waals surface area contributed by atoms with Crippen molar-refractivity contribution < 1.29 is 9.90 Å². The molecule has 2 aromatic rings. The van der Waals surface area contributed by atoms with Gasteiger partial charge in [0, 0.05) is 22.9 Å². The van der Waals surface area contributed by atoms with Crippen molar-refractivity contribution in [2.45, 2.75) is 12.8 Å². The molecule has 0 spiro atoms. The second kappa shape index (κ2) is 4.06. The summed E-state index contributed by atoms with van der Waals surface area (Å²) in [5.74, 6) is -0.356. The van der Waals surface area contributed by atoms with Crippen LogP contribution in [0.1, 0.15) is 12.0 Å². The van der Waals surface area contributed by atoms with Crippen LogP contribution in [0.15, 0.2) is 18.2 Å². The van der Waals surface area contributed by atoms with Crippen molar-refractivity contribution in [3.8, 4) is 0 Å². The molecule has 5 heteroatoms. The molecule has 0 aliphatic rings. The summed E-state index contributed by atoms with van der Waals surface area (Å²) in [6, 6.07) is 5.45. The summed E-state index contributed by atoms with van der Waals surface area (Å²) in [6.45, 7) is 0. The summed E-state index contributed by atoms with van der Waals surface area (Å²) in [7, 11) is 0. The lowest BCUT2D eigenvalue weighted by Crippen LogP contribution is -1.99. The van der Waals surface area contributed by atoms with Crippen LogP contribution in [-0.4, -0.2) is 16.1 Å². The number of nitrogens with two attached hydrogens (primary N) is 1. The maximum absolute atomic E-state index is 10.5. The van der Waals surface area contributed by atoms with Crippen LogP contribution in [0.4, 0.5) is 5.82 Å². The van der Waals surface area contributed by atoms with Gasteiger partial charge in [-0.05, 0) is 18.6 Å². The van der Waals surface area contributed by atoms with E-state index in [1.165, 1.54) is 0 Å². The molecule has 4 N–H and O–H groups in total. The molecule has 0 amide bonds. The first-order valence-electron chi connectivity index (χ1n) is 4.86. The van der Waals surface area contributed by atoms with E-state index >= 15 is 0 Å². The van der Waals surface area contributed by atoms with Gasteiger partial charge in [0.1, 0.15) is 5.82 Å². The standard InChI is InChI=1S/C11H11ClN2O2/c12-7-2-1-3-8-10(7)6(11(13)14-8)4-5-9(15)16/h1-3,14H,4-5,13H2,(H,15,16). The highest BCUT2D eigenvalue weighted by molar-refractivity contribution is 6.35. The Morgan fingerprint density at radius 3 is 2.94 bits per heavy atom. The zero-order valence-corrected chi connectivity index (χ0v) is 9.21. The third kappa shape index (κ3) is 1.84. The zero-order valence-electron chi connectivity index (χ0n) is 8.46. The number of hydrogen-bond acceptors (Lipinski definition) is 2. The van der Waals surface area contributed by atoms with Gasteiger partial charge in [0.15, 0.2) is 0 Å². The SMILES string of the molecule is Nc1[nH]c2cccc(Cl)c2c1CCC(=O)O. The lowest BCUT2D eigenvalue weighted by Gasteiger charge is -2.00. The molecule has 4 nitrogen and oxygen atoms in total. The molecule has 0 saturated carbocycles. The number of aryl methyl sites for hydroxylation is 1. The molecule has 84 valence electrons. The molecule has 1 aromatic carbocycles. The number of carboxylic acids is 1. The van der Waals surface area contributed by atoms with Gasteiger partial charge >= 0.3 is 5.97 Å². The summed E-state index contributed by atoms with van der Waals surface area (Å²) in [5, 5.41) is 10.1. The first-order valence-corrected chi connectivity index (χ1v) is 5.23. The molecular weight excluding hydrogens is 228 g/mol. The van der Waals surface area contributed by atoms with E-state index in [-0.39, 0.29) is 6.42 Å². The van der Waals surface area contributed by atoms with Gasteiger partial charge in [-0.15, -0.1) is 0 Å². The largest absolute Gasteiger partial charge is 0.481 e. The topological polar surface area (TPSA) is 79.1 Å². The summed E-state index contributed by atoms with van der Waals surface area (Å²) >= 11 is 6.07. The van der Waals surface area contributed by atoms with Crippen LogP contribution >= 0.6 is 11.6 Å². The number of aromatic nitrogens is 1. The summed E-state index contributed by atoms with van der Waals surface area (Å²) in [5.41, 5.74) is 7.42. The minimum atomic E-state index is -0.846. The van der Waals surface area contributed by atoms with E-state index < -0.39 is 5.97 Å². The Labute approximate surface area is 97.0 Å². The third-order valence-electron chi connectivity index (χ3n) is 2.50. The summed E-state index contributed by atoms with van der Waals surface area (Å²) in [6.07, 6.45) is 0.424. The lowest BCUT2D eigenvalue weighted by molar-refractivity contribution is -0.136. The maximum atomic E-state index is 10.5. The Hall–Kier alpha value is -1.68. The molecule has 0 bridgehead atoms. The average molecular weight is 239 g/mol. The molecule has 0 aliphatic carbocycles. The fraction of sp³-hybridized carbons (Fsp3) is 0.182. The second-order valence-corrected chi connectivity index (χ2v) is 3.98. The Bertz CT molecular complexity index is 548. The molecule has 0 radical (unpaired) electrons. The molecule has 16 heavy (non-hydrogen) atoms. The monoisotopic (exact) mass is 238 g/mol. The van der Waals surface area contributed by atoms with E-state index in [2.05, 4.69) is 4.98 Å². The normalized spacial score (nSPS) is 10.8. The molecule has 0 aliphatic heterocycles. The molecule has 0 atom stereocenters. The van der Waals surface area contributed by atoms with Gasteiger partial charge in [0.2, 0.25) is 0 Å². The van der Waals surface area contributed by atoms with Crippen LogP contribution in [0, 0.1) is 0 Å². The van der Waals surface area contributed by atoms with Gasteiger partial charge in [-0.1, -0.05) is 17.7 Å². The van der Waals surface area contributed by atoms with Gasteiger partial charge in [-0.2, -0.15) is 0 Å². The van der Waals surface area contributed by atoms with Crippen molar-refractivity contribution >= 4 is 34.3 Å². The zero-order chi connectivity index (χ0) is 11.7. The number of nitrogen functional groups attached to an aromatic ring is 1. The molecule has 1 heterocycles. The fourth-order valence-corrected chi connectivity index (χ4v) is 2.07. The molecule has 0 saturated heterocycles. The van der Waals surface area contributed by atoms with E-state index in [1.807, 2.05) is 12.1 Å². The highest BCUT2D eigenvalue weighted by Gasteiger charge is 2.12. The van der Waals surface area contributed by atoms with Crippen molar-refractivity contribution in [1.82, 2.24) is 4.98 Å². The van der Waals surface area contributed by atoms with Crippen molar-refractivity contribution in [3.63, 3.8) is 0 Å². The minimum Gasteiger partial charge on any atom is -0.481 e. The van der Waals surface area contributed by atoms with Gasteiger partial charge in [-0.25, -0.2) is 0 Å². The van der Waals surface area contributed by atoms with E-state index in [4.69, 9.17) is 22.4 Å². The van der Waals surface area contributed by atoms with E-state index in [1.54, 1.807) is 6.07 Å². The molecule has 1 aromatic heterocycles. The number of H-pyrrole nitrogens is 1. The fourth-order valence-electron chi connectivity index (χ4n) is 1.78. The highest BCUT2D eigenvalue weighted by atomic mass is 35.5. The Morgan fingerprint density at radius 2 is 2.25 bits per heavy atom. The van der Waals surface area contributed by atoms with Gasteiger partial charge < -0.3 is 15.8 Å². The van der Waals surface area contributed by atoms with Crippen LogP contribution in [0.25, 0.3) is 10.9 Å². The Kier molecular flexibility index (Phi) is 2.75. The molecular formula is C11H11ClN2O2. The number of rotatable bonds is 3. The quantitative estimate of drug-likeness (QED) is 0.768. The van der Waals surface area contributed by atoms with Crippen molar-refractivity contribution in [2.75, 3.05) is 5.73 Å². The van der Waals surface area contributed by atoms with Crippen LogP contribution in [0.2, 0.25) is 5.02 Å². The molecule has 0 unspecified atom stereocenters. The first-order chi connectivity index (χ1) is 7.59. The predicted octanol–water partition coefficient (Wildman–Crippen LogP) is 2.42. The molecule has 0 fully saturated rings. The van der Waals surface area contributed by atoms with E-state index in [0.29, 0.717) is 17.3 Å². The van der Waals surface area contributed by atoms with Crippen LogP contribution in [0.5, 0.6) is 0 Å². The lowest BCUT2D eigenvalue weighted by atomic mass is 10.1. The first kappa shape index (κ1) is 10.8. The van der Waals surface area contributed by atoms with E-state index in [9.17, 15) is 4.79 Å². The number of hydrogen-bond donors (Lipinski definition) is 3. The van der Waals surface area contributed by atoms with Crippen LogP contribution < -0.4 is 5.73 Å². The van der Waals surface area contributed by atoms with Crippen LogP contribution in [0.3, 0.4) is 0 Å². The Morgan fingerprint density at radius 1 is 1.50 bits per heavy atom. The third-order valence-corrected chi connectivity index (χ3v) is 2.81. The number of nitrogens with one attached hydrogen (secondary N) is 1. The Balaban J connectivity index is 2.50. The summed E-state index contributed by atoms with van der Waals surface area (Å²) < 4.78 is 0. The second-order valence-electron chi connectivity index (χ2n) is 3.57. The number of benzene rings is 1.